The largest absolute Gasteiger partial charge is 0.324 e. The Morgan fingerprint density at radius 2 is 2.08 bits per heavy atom. The SMILES string of the molecule is Cc1ccc(NS(C)(=O)=O)c(NC(=O)CC(C)C2CCCNC2)c1.Cl. The number of anilines is 2. The van der Waals surface area contributed by atoms with E-state index < -0.39 is 10.0 Å². The topological polar surface area (TPSA) is 87.3 Å². The van der Waals surface area contributed by atoms with E-state index in [1.165, 1.54) is 0 Å². The number of sulfonamides is 1. The fourth-order valence-corrected chi connectivity index (χ4v) is 3.65. The van der Waals surface area contributed by atoms with Crippen molar-refractivity contribution in [1.29, 1.82) is 0 Å². The second-order valence-corrected chi connectivity index (χ2v) is 8.51. The third kappa shape index (κ3) is 7.22. The van der Waals surface area contributed by atoms with Crippen LogP contribution in [0.2, 0.25) is 0 Å². The van der Waals surface area contributed by atoms with Gasteiger partial charge in [-0.25, -0.2) is 8.42 Å². The van der Waals surface area contributed by atoms with Gasteiger partial charge in [0.15, 0.2) is 0 Å². The minimum Gasteiger partial charge on any atom is -0.324 e. The van der Waals surface area contributed by atoms with E-state index in [4.69, 9.17) is 0 Å². The van der Waals surface area contributed by atoms with Crippen molar-refractivity contribution in [3.63, 3.8) is 0 Å². The molecule has 8 heteroatoms. The molecule has 3 N–H and O–H groups in total. The van der Waals surface area contributed by atoms with Crippen molar-refractivity contribution in [2.24, 2.45) is 11.8 Å². The first-order chi connectivity index (χ1) is 11.2. The average molecular weight is 390 g/mol. The number of carbonyl (C=O) groups excluding carboxylic acids is 1. The maximum Gasteiger partial charge on any atom is 0.229 e. The lowest BCUT2D eigenvalue weighted by Gasteiger charge is -2.28. The van der Waals surface area contributed by atoms with Crippen LogP contribution >= 0.6 is 12.4 Å². The summed E-state index contributed by atoms with van der Waals surface area (Å²) in [5.41, 5.74) is 1.84. The lowest BCUT2D eigenvalue weighted by Crippen LogP contribution is -2.34. The van der Waals surface area contributed by atoms with Gasteiger partial charge in [-0.3, -0.25) is 9.52 Å². The van der Waals surface area contributed by atoms with Crippen LogP contribution in [-0.4, -0.2) is 33.7 Å². The Balaban J connectivity index is 0.00000312. The normalized spacial score (nSPS) is 18.8. The molecule has 1 aliphatic rings. The Hall–Kier alpha value is -1.31. The highest BCUT2D eigenvalue weighted by Crippen LogP contribution is 2.26. The Morgan fingerprint density at radius 1 is 1.36 bits per heavy atom. The van der Waals surface area contributed by atoms with Crippen molar-refractivity contribution in [3.8, 4) is 0 Å². The quantitative estimate of drug-likeness (QED) is 0.698. The van der Waals surface area contributed by atoms with Crippen LogP contribution in [0.4, 0.5) is 11.4 Å². The lowest BCUT2D eigenvalue weighted by atomic mass is 9.85. The molecule has 1 saturated heterocycles. The van der Waals surface area contributed by atoms with E-state index in [0.717, 1.165) is 37.8 Å². The number of amides is 1. The Morgan fingerprint density at radius 3 is 2.68 bits per heavy atom. The van der Waals surface area contributed by atoms with Gasteiger partial charge in [-0.15, -0.1) is 12.4 Å². The third-order valence-corrected chi connectivity index (χ3v) is 4.98. The van der Waals surface area contributed by atoms with Crippen LogP contribution in [0.5, 0.6) is 0 Å². The molecule has 0 saturated carbocycles. The molecule has 1 heterocycles. The van der Waals surface area contributed by atoms with E-state index in [1.807, 2.05) is 6.92 Å². The van der Waals surface area contributed by atoms with Crippen LogP contribution in [0.1, 0.15) is 31.7 Å². The molecule has 0 radical (unpaired) electrons. The number of nitrogens with one attached hydrogen (secondary N) is 3. The first kappa shape index (κ1) is 21.7. The van der Waals surface area contributed by atoms with Gasteiger partial charge in [0.2, 0.25) is 15.9 Å². The number of aryl methyl sites for hydroxylation is 1. The predicted octanol–water partition coefficient (Wildman–Crippen LogP) is 2.75. The fourth-order valence-electron chi connectivity index (χ4n) is 3.08. The van der Waals surface area contributed by atoms with Gasteiger partial charge >= 0.3 is 0 Å². The van der Waals surface area contributed by atoms with E-state index in [9.17, 15) is 13.2 Å². The van der Waals surface area contributed by atoms with Crippen LogP contribution in [0.3, 0.4) is 0 Å². The molecule has 25 heavy (non-hydrogen) atoms. The second kappa shape index (κ2) is 9.40. The summed E-state index contributed by atoms with van der Waals surface area (Å²) in [6.07, 6.45) is 3.82. The van der Waals surface area contributed by atoms with Crippen LogP contribution in [-0.2, 0) is 14.8 Å². The molecular weight excluding hydrogens is 362 g/mol. The molecule has 6 nitrogen and oxygen atoms in total. The summed E-state index contributed by atoms with van der Waals surface area (Å²) in [4.78, 5) is 12.4. The van der Waals surface area contributed by atoms with Crippen LogP contribution < -0.4 is 15.4 Å². The molecule has 2 rings (SSSR count). The van der Waals surface area contributed by atoms with Crippen molar-refractivity contribution in [2.45, 2.75) is 33.1 Å². The number of piperidine rings is 1. The lowest BCUT2D eigenvalue weighted by molar-refractivity contribution is -0.117. The highest BCUT2D eigenvalue weighted by molar-refractivity contribution is 7.92. The zero-order chi connectivity index (χ0) is 17.7. The second-order valence-electron chi connectivity index (χ2n) is 6.76. The number of halogens is 1. The number of hydrogen-bond acceptors (Lipinski definition) is 4. The van der Waals surface area contributed by atoms with Crippen molar-refractivity contribution in [3.05, 3.63) is 23.8 Å². The molecule has 0 bridgehead atoms. The molecule has 1 aromatic rings. The molecule has 1 fully saturated rings. The molecule has 0 aliphatic carbocycles. The van der Waals surface area contributed by atoms with Crippen LogP contribution in [0.15, 0.2) is 18.2 Å². The van der Waals surface area contributed by atoms with E-state index >= 15 is 0 Å². The fraction of sp³-hybridized carbons (Fsp3) is 0.588. The number of hydrogen-bond donors (Lipinski definition) is 3. The van der Waals surface area contributed by atoms with Crippen LogP contribution in [0, 0.1) is 18.8 Å². The zero-order valence-corrected chi connectivity index (χ0v) is 16.6. The van der Waals surface area contributed by atoms with Crippen molar-refractivity contribution < 1.29 is 13.2 Å². The zero-order valence-electron chi connectivity index (χ0n) is 15.0. The summed E-state index contributed by atoms with van der Waals surface area (Å²) in [7, 11) is -3.40. The van der Waals surface area contributed by atoms with Gasteiger partial charge in [0.05, 0.1) is 17.6 Å². The van der Waals surface area contributed by atoms with Gasteiger partial charge < -0.3 is 10.6 Å². The van der Waals surface area contributed by atoms with Gasteiger partial charge in [0.25, 0.3) is 0 Å². The summed E-state index contributed by atoms with van der Waals surface area (Å²) in [6, 6.07) is 5.25. The van der Waals surface area contributed by atoms with E-state index in [1.54, 1.807) is 18.2 Å². The van der Waals surface area contributed by atoms with Crippen molar-refractivity contribution >= 4 is 39.7 Å². The molecule has 1 amide bonds. The van der Waals surface area contributed by atoms with Gasteiger partial charge in [-0.1, -0.05) is 13.0 Å². The monoisotopic (exact) mass is 389 g/mol. The molecule has 142 valence electrons. The molecule has 1 aliphatic heterocycles. The molecule has 2 atom stereocenters. The smallest absolute Gasteiger partial charge is 0.229 e. The minimum atomic E-state index is -3.40. The van der Waals surface area contributed by atoms with Crippen molar-refractivity contribution in [1.82, 2.24) is 5.32 Å². The summed E-state index contributed by atoms with van der Waals surface area (Å²) in [6.45, 7) is 6.01. The van der Waals surface area contributed by atoms with Gasteiger partial charge in [0.1, 0.15) is 0 Å². The number of rotatable bonds is 6. The van der Waals surface area contributed by atoms with E-state index in [2.05, 4.69) is 22.3 Å². The molecule has 1 aromatic carbocycles. The first-order valence-electron chi connectivity index (χ1n) is 8.33. The summed E-state index contributed by atoms with van der Waals surface area (Å²) in [5, 5.41) is 6.23. The first-order valence-corrected chi connectivity index (χ1v) is 10.2. The molecule has 2 unspecified atom stereocenters. The summed E-state index contributed by atoms with van der Waals surface area (Å²) < 4.78 is 25.4. The average Bonchev–Trinajstić information content (AvgIpc) is 2.49. The standard InChI is InChI=1S/C17H27N3O3S.ClH/c1-12-6-7-15(20-24(3,22)23)16(9-12)19-17(21)10-13(2)14-5-4-8-18-11-14;/h6-7,9,13-14,18,20H,4-5,8,10-11H2,1-3H3,(H,19,21);1H. The number of benzene rings is 1. The highest BCUT2D eigenvalue weighted by Gasteiger charge is 2.22. The third-order valence-electron chi connectivity index (χ3n) is 4.39. The molecule has 0 aromatic heterocycles. The maximum atomic E-state index is 12.4. The number of carbonyl (C=O) groups is 1. The molecular formula is C17H28ClN3O3S. The minimum absolute atomic E-state index is 0. The highest BCUT2D eigenvalue weighted by atomic mass is 35.5. The maximum absolute atomic E-state index is 12.4. The van der Waals surface area contributed by atoms with Crippen molar-refractivity contribution in [2.75, 3.05) is 29.4 Å². The molecule has 0 spiro atoms. The predicted molar refractivity (Wildman–Crippen MR) is 105 cm³/mol. The summed E-state index contributed by atoms with van der Waals surface area (Å²) in [5.74, 6) is 0.708. The Kier molecular flexibility index (Phi) is 8.18. The van der Waals surface area contributed by atoms with Gasteiger partial charge in [-0.05, 0) is 62.4 Å². The Labute approximate surface area is 156 Å². The van der Waals surface area contributed by atoms with E-state index in [0.29, 0.717) is 23.7 Å². The van der Waals surface area contributed by atoms with Gasteiger partial charge in [-0.2, -0.15) is 0 Å². The van der Waals surface area contributed by atoms with Gasteiger partial charge in [0, 0.05) is 6.42 Å². The summed E-state index contributed by atoms with van der Waals surface area (Å²) >= 11 is 0. The Bertz CT molecular complexity index is 688. The van der Waals surface area contributed by atoms with Crippen LogP contribution in [0.25, 0.3) is 0 Å². The van der Waals surface area contributed by atoms with E-state index in [-0.39, 0.29) is 24.2 Å².